The van der Waals surface area contributed by atoms with Gasteiger partial charge in [-0.25, -0.2) is 8.42 Å². The van der Waals surface area contributed by atoms with Crippen molar-refractivity contribution < 1.29 is 8.42 Å². The smallest absolute Gasteiger partial charge is 0.147 e. The highest BCUT2D eigenvalue weighted by molar-refractivity contribution is 7.90. The van der Waals surface area contributed by atoms with Crippen molar-refractivity contribution in [3.63, 3.8) is 0 Å². The van der Waals surface area contributed by atoms with Crippen molar-refractivity contribution in [1.29, 1.82) is 0 Å². The van der Waals surface area contributed by atoms with E-state index in [1.54, 1.807) is 0 Å². The van der Waals surface area contributed by atoms with Crippen LogP contribution in [0, 0.1) is 5.92 Å². The van der Waals surface area contributed by atoms with Gasteiger partial charge in [-0.2, -0.15) is 0 Å². The Morgan fingerprint density at radius 2 is 2.09 bits per heavy atom. The molecule has 68 valence electrons. The molecular weight excluding hydrogens is 186 g/mol. The third-order valence-corrected chi connectivity index (χ3v) is 2.96. The maximum atomic E-state index is 10.8. The van der Waals surface area contributed by atoms with Crippen LogP contribution in [0.2, 0.25) is 0 Å². The van der Waals surface area contributed by atoms with Crippen molar-refractivity contribution in [2.24, 2.45) is 5.92 Å². The zero-order chi connectivity index (χ0) is 7.78. The monoisotopic (exact) mass is 199 g/mol. The van der Waals surface area contributed by atoms with Gasteiger partial charge in [0.1, 0.15) is 9.84 Å². The topological polar surface area (TPSA) is 46.2 Å². The molecule has 1 saturated heterocycles. The van der Waals surface area contributed by atoms with E-state index in [0.717, 1.165) is 6.54 Å². The molecule has 1 aliphatic rings. The number of hydrogen-bond acceptors (Lipinski definition) is 3. The lowest BCUT2D eigenvalue weighted by molar-refractivity contribution is 0.276. The Labute approximate surface area is 73.9 Å². The van der Waals surface area contributed by atoms with Gasteiger partial charge in [0.25, 0.3) is 0 Å². The molecule has 1 heterocycles. The molecule has 0 saturated carbocycles. The molecule has 5 heteroatoms. The van der Waals surface area contributed by atoms with E-state index >= 15 is 0 Å². The van der Waals surface area contributed by atoms with E-state index < -0.39 is 9.84 Å². The standard InChI is InChI=1S/C6H13NO2S.ClH/c1-5-6(3-7-5)4-10(2,8)9;/h5-7H,3-4H2,1-2H3;1H/t5-,6+;/m1./s1. The first kappa shape index (κ1) is 11.2. The molecule has 0 aromatic carbocycles. The van der Waals surface area contributed by atoms with Gasteiger partial charge in [-0.15, -0.1) is 12.4 Å². The van der Waals surface area contributed by atoms with E-state index in [1.807, 2.05) is 6.92 Å². The second kappa shape index (κ2) is 3.74. The number of halogens is 1. The maximum absolute atomic E-state index is 10.8. The summed E-state index contributed by atoms with van der Waals surface area (Å²) in [6.07, 6.45) is 1.29. The van der Waals surface area contributed by atoms with Crippen LogP contribution in [0.1, 0.15) is 6.92 Å². The average molecular weight is 200 g/mol. The fourth-order valence-electron chi connectivity index (χ4n) is 1.11. The van der Waals surface area contributed by atoms with Crippen LogP contribution < -0.4 is 5.32 Å². The second-order valence-corrected chi connectivity index (χ2v) is 5.23. The van der Waals surface area contributed by atoms with Crippen molar-refractivity contribution in [1.82, 2.24) is 5.32 Å². The highest BCUT2D eigenvalue weighted by atomic mass is 35.5. The van der Waals surface area contributed by atoms with Gasteiger partial charge in [0.05, 0.1) is 5.75 Å². The van der Waals surface area contributed by atoms with Crippen LogP contribution in [0.5, 0.6) is 0 Å². The van der Waals surface area contributed by atoms with Gasteiger partial charge < -0.3 is 5.32 Å². The van der Waals surface area contributed by atoms with Crippen molar-refractivity contribution in [2.75, 3.05) is 18.6 Å². The number of nitrogens with one attached hydrogen (secondary N) is 1. The molecule has 0 bridgehead atoms. The van der Waals surface area contributed by atoms with Gasteiger partial charge in [0, 0.05) is 24.8 Å². The summed E-state index contributed by atoms with van der Waals surface area (Å²) in [7, 11) is -2.76. The molecule has 0 aromatic rings. The van der Waals surface area contributed by atoms with E-state index in [1.165, 1.54) is 6.26 Å². The molecule has 3 nitrogen and oxygen atoms in total. The Morgan fingerprint density at radius 3 is 2.18 bits per heavy atom. The minimum absolute atomic E-state index is 0. The van der Waals surface area contributed by atoms with E-state index in [4.69, 9.17) is 0 Å². The third kappa shape index (κ3) is 3.40. The number of hydrogen-bond donors (Lipinski definition) is 1. The second-order valence-electron chi connectivity index (χ2n) is 3.05. The Morgan fingerprint density at radius 1 is 1.55 bits per heavy atom. The highest BCUT2D eigenvalue weighted by Crippen LogP contribution is 2.13. The van der Waals surface area contributed by atoms with E-state index in [0.29, 0.717) is 17.7 Å². The first-order valence-electron chi connectivity index (χ1n) is 3.40. The van der Waals surface area contributed by atoms with E-state index in [2.05, 4.69) is 5.32 Å². The van der Waals surface area contributed by atoms with Crippen LogP contribution in [0.4, 0.5) is 0 Å². The number of sulfone groups is 1. The summed E-state index contributed by atoms with van der Waals surface area (Å²) in [5.41, 5.74) is 0. The summed E-state index contributed by atoms with van der Waals surface area (Å²) in [5, 5.41) is 3.12. The highest BCUT2D eigenvalue weighted by Gasteiger charge is 2.28. The van der Waals surface area contributed by atoms with Crippen LogP contribution in [0.15, 0.2) is 0 Å². The Bertz CT molecular complexity index is 215. The molecule has 0 amide bonds. The first-order valence-corrected chi connectivity index (χ1v) is 5.46. The maximum Gasteiger partial charge on any atom is 0.147 e. The summed E-state index contributed by atoms with van der Waals surface area (Å²) in [6.45, 7) is 2.87. The van der Waals surface area contributed by atoms with Gasteiger partial charge in [-0.3, -0.25) is 0 Å². The minimum Gasteiger partial charge on any atom is -0.314 e. The van der Waals surface area contributed by atoms with E-state index in [-0.39, 0.29) is 12.4 Å². The van der Waals surface area contributed by atoms with Gasteiger partial charge >= 0.3 is 0 Å². The fourth-order valence-corrected chi connectivity index (χ4v) is 2.30. The van der Waals surface area contributed by atoms with Crippen LogP contribution in [-0.2, 0) is 9.84 Å². The molecule has 1 aliphatic heterocycles. The fraction of sp³-hybridized carbons (Fsp3) is 1.00. The quantitative estimate of drug-likeness (QED) is 0.685. The summed E-state index contributed by atoms with van der Waals surface area (Å²) in [6, 6.07) is 0.384. The molecule has 0 spiro atoms. The van der Waals surface area contributed by atoms with Crippen LogP contribution in [0.3, 0.4) is 0 Å². The molecular formula is C6H14ClNO2S. The summed E-state index contributed by atoms with van der Waals surface area (Å²) < 4.78 is 21.5. The lowest BCUT2D eigenvalue weighted by Crippen LogP contribution is -2.53. The Balaban J connectivity index is 0.000001000. The van der Waals surface area contributed by atoms with Gasteiger partial charge in [0.2, 0.25) is 0 Å². The zero-order valence-corrected chi connectivity index (χ0v) is 8.33. The predicted octanol–water partition coefficient (Wildman–Crippen LogP) is 0.0607. The molecule has 0 unspecified atom stereocenters. The van der Waals surface area contributed by atoms with Crippen molar-refractivity contribution in [3.05, 3.63) is 0 Å². The molecule has 0 aliphatic carbocycles. The van der Waals surface area contributed by atoms with Crippen molar-refractivity contribution in [3.8, 4) is 0 Å². The molecule has 0 radical (unpaired) electrons. The zero-order valence-electron chi connectivity index (χ0n) is 6.70. The van der Waals surface area contributed by atoms with Crippen molar-refractivity contribution in [2.45, 2.75) is 13.0 Å². The predicted molar refractivity (Wildman–Crippen MR) is 47.9 cm³/mol. The third-order valence-electron chi connectivity index (χ3n) is 1.93. The van der Waals surface area contributed by atoms with Gasteiger partial charge in [-0.1, -0.05) is 0 Å². The van der Waals surface area contributed by atoms with Gasteiger partial charge in [0.15, 0.2) is 0 Å². The Hall–Kier alpha value is 0.200. The van der Waals surface area contributed by atoms with Crippen LogP contribution in [-0.4, -0.2) is 33.0 Å². The van der Waals surface area contributed by atoms with Crippen molar-refractivity contribution >= 4 is 22.2 Å². The summed E-state index contributed by atoms with van der Waals surface area (Å²) in [5.74, 6) is 0.677. The molecule has 1 fully saturated rings. The van der Waals surface area contributed by atoms with Gasteiger partial charge in [-0.05, 0) is 6.92 Å². The summed E-state index contributed by atoms with van der Waals surface area (Å²) >= 11 is 0. The largest absolute Gasteiger partial charge is 0.314 e. The normalized spacial score (nSPS) is 30.4. The molecule has 0 aromatic heterocycles. The molecule has 1 N–H and O–H groups in total. The van der Waals surface area contributed by atoms with E-state index in [9.17, 15) is 8.42 Å². The molecule has 11 heavy (non-hydrogen) atoms. The minimum atomic E-state index is -2.76. The Kier molecular flexibility index (Phi) is 3.80. The van der Waals surface area contributed by atoms with Crippen LogP contribution >= 0.6 is 12.4 Å². The SMILES string of the molecule is C[C@H]1NC[C@H]1CS(C)(=O)=O.Cl. The lowest BCUT2D eigenvalue weighted by Gasteiger charge is -2.34. The molecule has 2 atom stereocenters. The lowest BCUT2D eigenvalue weighted by atomic mass is 9.96. The van der Waals surface area contributed by atoms with Crippen LogP contribution in [0.25, 0.3) is 0 Å². The summed E-state index contributed by atoms with van der Waals surface area (Å²) in [4.78, 5) is 0. The molecule has 1 rings (SSSR count). The average Bonchev–Trinajstić information content (AvgIpc) is 1.78. The first-order chi connectivity index (χ1) is 4.49. The number of rotatable bonds is 2.